The number of ether oxygens (including phenoxy) is 1. The van der Waals surface area contributed by atoms with E-state index in [0.717, 1.165) is 5.56 Å². The van der Waals surface area contributed by atoms with Crippen molar-refractivity contribution in [3.8, 4) is 6.07 Å². The Morgan fingerprint density at radius 3 is 2.62 bits per heavy atom. The molecule has 0 spiro atoms. The van der Waals surface area contributed by atoms with Crippen molar-refractivity contribution < 1.29 is 14.3 Å². The number of halogens is 1. The van der Waals surface area contributed by atoms with Gasteiger partial charge in [0.1, 0.15) is 11.6 Å². The Kier molecular flexibility index (Phi) is 7.30. The SMILES string of the molecule is CCOC(=O)N1CCN(/C=C(/C#N)C(=O)NCc2ccccc2Cl)CC1. The standard InChI is InChI=1S/C18H21ClN4O3/c1-2-26-18(25)23-9-7-22(8-10-23)13-15(11-20)17(24)21-12-14-5-3-4-6-16(14)19/h3-6,13H,2,7-10,12H2,1H3,(H,21,24)/b15-13-. The Morgan fingerprint density at radius 1 is 1.31 bits per heavy atom. The number of piperazine rings is 1. The number of amides is 2. The Balaban J connectivity index is 1.89. The molecule has 0 radical (unpaired) electrons. The molecule has 1 fully saturated rings. The lowest BCUT2D eigenvalue weighted by Gasteiger charge is -2.33. The van der Waals surface area contributed by atoms with E-state index in [1.165, 1.54) is 6.20 Å². The lowest BCUT2D eigenvalue weighted by Crippen LogP contribution is -2.47. The molecular weight excluding hydrogens is 356 g/mol. The maximum absolute atomic E-state index is 12.2. The van der Waals surface area contributed by atoms with Gasteiger partial charge in [-0.15, -0.1) is 0 Å². The first-order valence-corrected chi connectivity index (χ1v) is 8.72. The van der Waals surface area contributed by atoms with Crippen molar-refractivity contribution in [1.29, 1.82) is 5.26 Å². The molecule has 1 saturated heterocycles. The first kappa shape index (κ1) is 19.6. The molecular formula is C18H21ClN4O3. The fraction of sp³-hybridized carbons (Fsp3) is 0.389. The summed E-state index contributed by atoms with van der Waals surface area (Å²) in [5.41, 5.74) is 0.796. The van der Waals surface area contributed by atoms with Crippen LogP contribution < -0.4 is 5.32 Å². The van der Waals surface area contributed by atoms with Crippen molar-refractivity contribution in [1.82, 2.24) is 15.1 Å². The van der Waals surface area contributed by atoms with Gasteiger partial charge in [-0.05, 0) is 18.6 Å². The van der Waals surface area contributed by atoms with Crippen LogP contribution in [0.2, 0.25) is 5.02 Å². The number of benzene rings is 1. The van der Waals surface area contributed by atoms with E-state index in [1.807, 2.05) is 29.2 Å². The number of rotatable bonds is 5. The van der Waals surface area contributed by atoms with Crippen molar-refractivity contribution in [2.24, 2.45) is 0 Å². The van der Waals surface area contributed by atoms with Crippen LogP contribution in [0.4, 0.5) is 4.79 Å². The predicted octanol–water partition coefficient (Wildman–Crippen LogP) is 2.14. The fourth-order valence-corrected chi connectivity index (χ4v) is 2.68. The van der Waals surface area contributed by atoms with E-state index in [2.05, 4.69) is 5.32 Å². The Hall–Kier alpha value is -2.72. The summed E-state index contributed by atoms with van der Waals surface area (Å²) < 4.78 is 4.97. The molecule has 1 aliphatic rings. The van der Waals surface area contributed by atoms with Gasteiger partial charge < -0.3 is 19.9 Å². The molecule has 2 rings (SSSR count). The first-order valence-electron chi connectivity index (χ1n) is 8.34. The summed E-state index contributed by atoms with van der Waals surface area (Å²) in [6, 6.07) is 9.12. The average Bonchev–Trinajstić information content (AvgIpc) is 2.66. The number of hydrogen-bond acceptors (Lipinski definition) is 5. The summed E-state index contributed by atoms with van der Waals surface area (Å²) in [7, 11) is 0. The maximum Gasteiger partial charge on any atom is 0.409 e. The minimum Gasteiger partial charge on any atom is -0.450 e. The average molecular weight is 377 g/mol. The third-order valence-electron chi connectivity index (χ3n) is 3.91. The van der Waals surface area contributed by atoms with Gasteiger partial charge in [0.25, 0.3) is 5.91 Å². The number of nitrogens with zero attached hydrogens (tertiary/aromatic N) is 3. The van der Waals surface area contributed by atoms with Crippen LogP contribution in [0.3, 0.4) is 0 Å². The minimum atomic E-state index is -0.458. The molecule has 7 nitrogen and oxygen atoms in total. The van der Waals surface area contributed by atoms with Crippen LogP contribution in [0.5, 0.6) is 0 Å². The number of carbonyl (C=O) groups is 2. The van der Waals surface area contributed by atoms with E-state index in [9.17, 15) is 14.9 Å². The summed E-state index contributed by atoms with van der Waals surface area (Å²) in [5, 5.41) is 12.5. The van der Waals surface area contributed by atoms with Gasteiger partial charge >= 0.3 is 6.09 Å². The van der Waals surface area contributed by atoms with Crippen LogP contribution in [0.25, 0.3) is 0 Å². The highest BCUT2D eigenvalue weighted by molar-refractivity contribution is 6.31. The number of hydrogen-bond donors (Lipinski definition) is 1. The third-order valence-corrected chi connectivity index (χ3v) is 4.28. The Labute approximate surface area is 157 Å². The second kappa shape index (κ2) is 9.68. The van der Waals surface area contributed by atoms with Gasteiger partial charge in [0.15, 0.2) is 0 Å². The summed E-state index contributed by atoms with van der Waals surface area (Å²) >= 11 is 6.06. The molecule has 26 heavy (non-hydrogen) atoms. The third kappa shape index (κ3) is 5.39. The van der Waals surface area contributed by atoms with E-state index in [1.54, 1.807) is 17.9 Å². The monoisotopic (exact) mass is 376 g/mol. The van der Waals surface area contributed by atoms with Crippen molar-refractivity contribution in [2.75, 3.05) is 32.8 Å². The number of nitrogens with one attached hydrogen (secondary N) is 1. The van der Waals surface area contributed by atoms with Crippen LogP contribution >= 0.6 is 11.6 Å². The zero-order valence-corrected chi connectivity index (χ0v) is 15.3. The lowest BCUT2D eigenvalue weighted by atomic mass is 10.2. The second-order valence-corrected chi connectivity index (χ2v) is 6.06. The summed E-state index contributed by atoms with van der Waals surface area (Å²) in [5.74, 6) is -0.458. The van der Waals surface area contributed by atoms with E-state index in [0.29, 0.717) is 37.8 Å². The second-order valence-electron chi connectivity index (χ2n) is 5.65. The molecule has 0 atom stereocenters. The summed E-state index contributed by atoms with van der Waals surface area (Å²) in [6.45, 7) is 4.36. The van der Waals surface area contributed by atoms with Gasteiger partial charge in [0, 0.05) is 43.9 Å². The highest BCUT2D eigenvalue weighted by Crippen LogP contribution is 2.14. The molecule has 0 aliphatic carbocycles. The predicted molar refractivity (Wildman–Crippen MR) is 97.2 cm³/mol. The molecule has 0 unspecified atom stereocenters. The van der Waals surface area contributed by atoms with Crippen LogP contribution in [0, 0.1) is 11.3 Å². The fourth-order valence-electron chi connectivity index (χ4n) is 2.48. The van der Waals surface area contributed by atoms with E-state index < -0.39 is 5.91 Å². The molecule has 1 aromatic carbocycles. The van der Waals surface area contributed by atoms with Gasteiger partial charge in [-0.2, -0.15) is 5.26 Å². The van der Waals surface area contributed by atoms with Gasteiger partial charge in [-0.1, -0.05) is 29.8 Å². The zero-order chi connectivity index (χ0) is 18.9. The van der Waals surface area contributed by atoms with Gasteiger partial charge in [-0.3, -0.25) is 4.79 Å². The normalized spacial score (nSPS) is 14.6. The summed E-state index contributed by atoms with van der Waals surface area (Å²) in [6.07, 6.45) is 1.19. The van der Waals surface area contributed by atoms with Crippen molar-refractivity contribution >= 4 is 23.6 Å². The highest BCUT2D eigenvalue weighted by atomic mass is 35.5. The van der Waals surface area contributed by atoms with Crippen LogP contribution in [0.1, 0.15) is 12.5 Å². The van der Waals surface area contributed by atoms with Crippen LogP contribution in [0.15, 0.2) is 36.0 Å². The Bertz CT molecular complexity index is 721. The topological polar surface area (TPSA) is 85.7 Å². The minimum absolute atomic E-state index is 0.0154. The zero-order valence-electron chi connectivity index (χ0n) is 14.6. The molecule has 1 N–H and O–H groups in total. The molecule has 0 bridgehead atoms. The number of carbonyl (C=O) groups excluding carboxylic acids is 2. The molecule has 1 heterocycles. The molecule has 2 amide bonds. The van der Waals surface area contributed by atoms with Crippen LogP contribution in [-0.2, 0) is 16.1 Å². The van der Waals surface area contributed by atoms with Gasteiger partial charge in [0.2, 0.25) is 0 Å². The molecule has 138 valence electrons. The molecule has 0 aromatic heterocycles. The Morgan fingerprint density at radius 2 is 2.00 bits per heavy atom. The largest absolute Gasteiger partial charge is 0.450 e. The maximum atomic E-state index is 12.2. The summed E-state index contributed by atoms with van der Waals surface area (Å²) in [4.78, 5) is 27.4. The molecule has 1 aliphatic heterocycles. The van der Waals surface area contributed by atoms with Crippen molar-refractivity contribution in [3.63, 3.8) is 0 Å². The van der Waals surface area contributed by atoms with Crippen molar-refractivity contribution in [2.45, 2.75) is 13.5 Å². The quantitative estimate of drug-likeness (QED) is 0.628. The van der Waals surface area contributed by atoms with Gasteiger partial charge in [0.05, 0.1) is 6.61 Å². The van der Waals surface area contributed by atoms with Gasteiger partial charge in [-0.25, -0.2) is 4.79 Å². The van der Waals surface area contributed by atoms with E-state index >= 15 is 0 Å². The first-order chi connectivity index (χ1) is 12.5. The molecule has 0 saturated carbocycles. The molecule has 1 aromatic rings. The lowest BCUT2D eigenvalue weighted by molar-refractivity contribution is -0.117. The smallest absolute Gasteiger partial charge is 0.409 e. The highest BCUT2D eigenvalue weighted by Gasteiger charge is 2.21. The molecule has 8 heteroatoms. The van der Waals surface area contributed by atoms with Crippen molar-refractivity contribution in [3.05, 3.63) is 46.6 Å². The van der Waals surface area contributed by atoms with E-state index in [4.69, 9.17) is 16.3 Å². The van der Waals surface area contributed by atoms with E-state index in [-0.39, 0.29) is 18.2 Å². The number of nitriles is 1. The van der Waals surface area contributed by atoms with Crippen LogP contribution in [-0.4, -0.2) is 54.6 Å².